The molecule has 29 heavy (non-hydrogen) atoms. The fourth-order valence-corrected chi connectivity index (χ4v) is 4.32. The second-order valence-electron chi connectivity index (χ2n) is 6.91. The predicted molar refractivity (Wildman–Crippen MR) is 108 cm³/mol. The Hall–Kier alpha value is -3.27. The minimum Gasteiger partial charge on any atom is -0.340 e. The molecule has 1 atom stereocenters. The average molecular weight is 407 g/mol. The molecule has 0 spiro atoms. The average Bonchev–Trinajstić information content (AvgIpc) is 3.31. The van der Waals surface area contributed by atoms with E-state index in [9.17, 15) is 9.59 Å². The van der Waals surface area contributed by atoms with E-state index < -0.39 is 5.91 Å². The van der Waals surface area contributed by atoms with Crippen LogP contribution in [0.4, 0.5) is 10.7 Å². The molecule has 1 unspecified atom stereocenters. The summed E-state index contributed by atoms with van der Waals surface area (Å²) in [5.74, 6) is 1.38. The van der Waals surface area contributed by atoms with Crippen LogP contribution in [-0.4, -0.2) is 48.8 Å². The van der Waals surface area contributed by atoms with E-state index in [1.165, 1.54) is 0 Å². The normalized spacial score (nSPS) is 21.2. The zero-order chi connectivity index (χ0) is 19.8. The SMILES string of the molecule is O=C1NC(=O)/C(=C\c2ccnc(N3CCCC(c4nnc5ccccn45)C3)n2)S1. The number of nitrogens with one attached hydrogen (secondary N) is 1. The molecule has 2 saturated heterocycles. The maximum atomic E-state index is 11.8. The summed E-state index contributed by atoms with van der Waals surface area (Å²) >= 11 is 0.879. The molecule has 2 amide bonds. The third kappa shape index (κ3) is 3.46. The number of hydrogen-bond acceptors (Lipinski definition) is 8. The lowest BCUT2D eigenvalue weighted by Crippen LogP contribution is -2.36. The summed E-state index contributed by atoms with van der Waals surface area (Å²) in [6.45, 7) is 1.59. The summed E-state index contributed by atoms with van der Waals surface area (Å²) in [6, 6.07) is 7.59. The number of carbonyl (C=O) groups excluding carboxylic acids is 2. The number of hydrogen-bond donors (Lipinski definition) is 1. The second-order valence-corrected chi connectivity index (χ2v) is 7.92. The van der Waals surface area contributed by atoms with Crippen LogP contribution in [-0.2, 0) is 4.79 Å². The van der Waals surface area contributed by atoms with Gasteiger partial charge in [-0.15, -0.1) is 10.2 Å². The van der Waals surface area contributed by atoms with Crippen LogP contribution >= 0.6 is 11.8 Å². The Bertz CT molecular complexity index is 1140. The Morgan fingerprint density at radius 2 is 2.14 bits per heavy atom. The molecule has 146 valence electrons. The first kappa shape index (κ1) is 17.8. The van der Waals surface area contributed by atoms with E-state index in [4.69, 9.17) is 0 Å². The van der Waals surface area contributed by atoms with Crippen LogP contribution in [0, 0.1) is 0 Å². The first-order valence-corrected chi connectivity index (χ1v) is 10.1. The molecule has 0 aromatic carbocycles. The van der Waals surface area contributed by atoms with E-state index in [-0.39, 0.29) is 11.2 Å². The summed E-state index contributed by atoms with van der Waals surface area (Å²) in [7, 11) is 0. The van der Waals surface area contributed by atoms with Gasteiger partial charge < -0.3 is 4.90 Å². The number of carbonyl (C=O) groups is 2. The highest BCUT2D eigenvalue weighted by Gasteiger charge is 2.27. The van der Waals surface area contributed by atoms with Crippen LogP contribution in [0.25, 0.3) is 11.7 Å². The second kappa shape index (κ2) is 7.28. The molecular weight excluding hydrogens is 390 g/mol. The van der Waals surface area contributed by atoms with Crippen molar-refractivity contribution in [1.29, 1.82) is 0 Å². The van der Waals surface area contributed by atoms with Crippen molar-refractivity contribution in [3.63, 3.8) is 0 Å². The zero-order valence-electron chi connectivity index (χ0n) is 15.4. The van der Waals surface area contributed by atoms with Crippen LogP contribution in [0.3, 0.4) is 0 Å². The molecule has 2 aliphatic heterocycles. The number of anilines is 1. The van der Waals surface area contributed by atoms with Crippen molar-refractivity contribution in [2.24, 2.45) is 0 Å². The fourth-order valence-electron chi connectivity index (χ4n) is 3.66. The van der Waals surface area contributed by atoms with Gasteiger partial charge in [0.05, 0.1) is 10.6 Å². The van der Waals surface area contributed by atoms with E-state index in [0.29, 0.717) is 16.5 Å². The molecule has 9 nitrogen and oxygen atoms in total. The number of thioether (sulfide) groups is 1. The highest BCUT2D eigenvalue weighted by molar-refractivity contribution is 8.18. The topological polar surface area (TPSA) is 105 Å². The molecule has 0 aliphatic carbocycles. The van der Waals surface area contributed by atoms with Crippen molar-refractivity contribution in [3.8, 4) is 0 Å². The Morgan fingerprint density at radius 3 is 3.00 bits per heavy atom. The molecule has 0 bridgehead atoms. The van der Waals surface area contributed by atoms with Crippen molar-refractivity contribution in [2.75, 3.05) is 18.0 Å². The lowest BCUT2D eigenvalue weighted by molar-refractivity contribution is -0.115. The number of nitrogens with zero attached hydrogens (tertiary/aromatic N) is 6. The Morgan fingerprint density at radius 1 is 1.21 bits per heavy atom. The standard InChI is InChI=1S/C19H17N7O2S/c27-17-14(29-19(28)22-17)10-13-6-7-20-18(21-13)25-8-3-4-12(11-25)16-24-23-15-5-1-2-9-26(15)16/h1-2,5-7,9-10,12H,3-4,8,11H2,(H,22,27,28)/b14-10+. The molecule has 5 rings (SSSR count). The quantitative estimate of drug-likeness (QED) is 0.659. The first-order valence-electron chi connectivity index (χ1n) is 9.30. The minimum atomic E-state index is -0.392. The largest absolute Gasteiger partial charge is 0.340 e. The van der Waals surface area contributed by atoms with Crippen molar-refractivity contribution < 1.29 is 9.59 Å². The lowest BCUT2D eigenvalue weighted by Gasteiger charge is -2.32. The van der Waals surface area contributed by atoms with E-state index in [1.54, 1.807) is 18.3 Å². The number of fused-ring (bicyclic) bond motifs is 1. The van der Waals surface area contributed by atoms with Gasteiger partial charge in [0.15, 0.2) is 5.65 Å². The zero-order valence-corrected chi connectivity index (χ0v) is 16.2. The smallest absolute Gasteiger partial charge is 0.290 e. The number of imide groups is 1. The Kier molecular flexibility index (Phi) is 4.47. The third-order valence-electron chi connectivity index (χ3n) is 4.99. The molecule has 3 aromatic heterocycles. The van der Waals surface area contributed by atoms with Gasteiger partial charge in [-0.3, -0.25) is 19.3 Å². The Balaban J connectivity index is 1.39. The highest BCUT2D eigenvalue weighted by Crippen LogP contribution is 2.29. The van der Waals surface area contributed by atoms with Gasteiger partial charge in [0.2, 0.25) is 5.95 Å². The van der Waals surface area contributed by atoms with Crippen LogP contribution in [0.2, 0.25) is 0 Å². The van der Waals surface area contributed by atoms with Gasteiger partial charge in [0.1, 0.15) is 5.82 Å². The number of aromatic nitrogens is 5. The van der Waals surface area contributed by atoms with Gasteiger partial charge in [-0.25, -0.2) is 9.97 Å². The summed E-state index contributed by atoms with van der Waals surface area (Å²) in [5.41, 5.74) is 1.43. The molecule has 0 radical (unpaired) electrons. The maximum absolute atomic E-state index is 11.8. The number of piperidine rings is 1. The first-order chi connectivity index (χ1) is 14.2. The third-order valence-corrected chi connectivity index (χ3v) is 5.81. The fraction of sp³-hybridized carbons (Fsp3) is 0.263. The van der Waals surface area contributed by atoms with Crippen LogP contribution < -0.4 is 10.2 Å². The molecule has 0 saturated carbocycles. The van der Waals surface area contributed by atoms with Gasteiger partial charge in [-0.05, 0) is 48.9 Å². The van der Waals surface area contributed by atoms with Gasteiger partial charge in [-0.2, -0.15) is 0 Å². The maximum Gasteiger partial charge on any atom is 0.290 e. The monoisotopic (exact) mass is 407 g/mol. The summed E-state index contributed by atoms with van der Waals surface area (Å²) < 4.78 is 2.03. The highest BCUT2D eigenvalue weighted by atomic mass is 32.2. The molecule has 1 N–H and O–H groups in total. The van der Waals surface area contributed by atoms with E-state index in [1.807, 2.05) is 28.8 Å². The van der Waals surface area contributed by atoms with E-state index >= 15 is 0 Å². The van der Waals surface area contributed by atoms with E-state index in [0.717, 1.165) is 49.2 Å². The van der Waals surface area contributed by atoms with Gasteiger partial charge in [-0.1, -0.05) is 6.07 Å². The molecule has 3 aromatic rings. The van der Waals surface area contributed by atoms with Crippen LogP contribution in [0.15, 0.2) is 41.6 Å². The minimum absolute atomic E-state index is 0.223. The van der Waals surface area contributed by atoms with Crippen molar-refractivity contribution in [2.45, 2.75) is 18.8 Å². The van der Waals surface area contributed by atoms with Crippen molar-refractivity contribution in [1.82, 2.24) is 29.9 Å². The van der Waals surface area contributed by atoms with Crippen molar-refractivity contribution >= 4 is 40.6 Å². The molecule has 10 heteroatoms. The lowest BCUT2D eigenvalue weighted by atomic mass is 9.97. The Labute approximate surface area is 170 Å². The van der Waals surface area contributed by atoms with E-state index in [2.05, 4.69) is 30.4 Å². The molecule has 2 aliphatic rings. The number of amides is 2. The molecule has 5 heterocycles. The molecule has 2 fully saturated rings. The summed E-state index contributed by atoms with van der Waals surface area (Å²) in [4.78, 5) is 34.6. The van der Waals surface area contributed by atoms with Gasteiger partial charge in [0.25, 0.3) is 11.1 Å². The van der Waals surface area contributed by atoms with Gasteiger partial charge >= 0.3 is 0 Å². The van der Waals surface area contributed by atoms with Gasteiger partial charge in [0, 0.05) is 31.4 Å². The number of pyridine rings is 1. The van der Waals surface area contributed by atoms with Crippen LogP contribution in [0.1, 0.15) is 30.3 Å². The predicted octanol–water partition coefficient (Wildman–Crippen LogP) is 2.23. The number of rotatable bonds is 3. The summed E-state index contributed by atoms with van der Waals surface area (Å²) in [5, 5.41) is 10.6. The van der Waals surface area contributed by atoms with Crippen molar-refractivity contribution in [3.05, 3.63) is 53.1 Å². The molecular formula is C19H17N7O2S. The van der Waals surface area contributed by atoms with Crippen LogP contribution in [0.5, 0.6) is 0 Å². The summed E-state index contributed by atoms with van der Waals surface area (Å²) in [6.07, 6.45) is 7.29.